The zero-order chi connectivity index (χ0) is 14.8. The number of carbonyl (C=O) groups excluding carboxylic acids is 1. The van der Waals surface area contributed by atoms with Gasteiger partial charge in [0.15, 0.2) is 11.5 Å². The minimum absolute atomic E-state index is 0.365. The number of ether oxygens (including phenoxy) is 3. The summed E-state index contributed by atoms with van der Waals surface area (Å²) >= 11 is 0. The van der Waals surface area contributed by atoms with Crippen LogP contribution in [0.5, 0.6) is 17.2 Å². The Balaban J connectivity index is 2.74. The third kappa shape index (κ3) is 5.95. The lowest BCUT2D eigenvalue weighted by Crippen LogP contribution is -2.06. The molecule has 1 aromatic carbocycles. The van der Waals surface area contributed by atoms with E-state index in [4.69, 9.17) is 14.2 Å². The summed E-state index contributed by atoms with van der Waals surface area (Å²) in [6.45, 7) is 6.85. The van der Waals surface area contributed by atoms with E-state index in [-0.39, 0.29) is 5.97 Å². The SMILES string of the molecule is CCCCOc1ccc(OCCCC)c(OC(C)=O)c1. The first-order valence-corrected chi connectivity index (χ1v) is 7.25. The van der Waals surface area contributed by atoms with Crippen LogP contribution in [0.3, 0.4) is 0 Å². The predicted molar refractivity (Wildman–Crippen MR) is 78.6 cm³/mol. The first kappa shape index (κ1) is 16.3. The second kappa shape index (κ2) is 9.23. The van der Waals surface area contributed by atoms with Gasteiger partial charge in [-0.25, -0.2) is 0 Å². The highest BCUT2D eigenvalue weighted by Gasteiger charge is 2.10. The minimum Gasteiger partial charge on any atom is -0.493 e. The molecule has 0 aliphatic heterocycles. The van der Waals surface area contributed by atoms with Crippen molar-refractivity contribution in [1.82, 2.24) is 0 Å². The molecule has 4 nitrogen and oxygen atoms in total. The molecule has 0 aromatic heterocycles. The molecule has 0 aliphatic rings. The molecule has 0 saturated carbocycles. The average Bonchev–Trinajstić information content (AvgIpc) is 2.41. The fourth-order valence-corrected chi connectivity index (χ4v) is 1.59. The van der Waals surface area contributed by atoms with E-state index in [1.54, 1.807) is 12.1 Å². The number of benzene rings is 1. The first-order valence-electron chi connectivity index (χ1n) is 7.25. The number of hydrogen-bond donors (Lipinski definition) is 0. The molecule has 1 rings (SSSR count). The van der Waals surface area contributed by atoms with Crippen LogP contribution >= 0.6 is 0 Å². The van der Waals surface area contributed by atoms with Gasteiger partial charge in [0, 0.05) is 13.0 Å². The zero-order valence-electron chi connectivity index (χ0n) is 12.6. The second-order valence-corrected chi connectivity index (χ2v) is 4.61. The van der Waals surface area contributed by atoms with Crippen molar-refractivity contribution in [3.63, 3.8) is 0 Å². The largest absolute Gasteiger partial charge is 0.493 e. The molecule has 0 unspecified atom stereocenters. The molecular formula is C16H24O4. The number of rotatable bonds is 9. The lowest BCUT2D eigenvalue weighted by atomic mass is 10.3. The molecule has 0 amide bonds. The Morgan fingerprint density at radius 3 is 2.25 bits per heavy atom. The van der Waals surface area contributed by atoms with Crippen LogP contribution in [0.2, 0.25) is 0 Å². The van der Waals surface area contributed by atoms with Gasteiger partial charge in [0.2, 0.25) is 0 Å². The lowest BCUT2D eigenvalue weighted by molar-refractivity contribution is -0.132. The van der Waals surface area contributed by atoms with Crippen LogP contribution in [0.1, 0.15) is 46.5 Å². The van der Waals surface area contributed by atoms with Gasteiger partial charge in [-0.2, -0.15) is 0 Å². The summed E-state index contributed by atoms with van der Waals surface area (Å²) in [5.74, 6) is 1.33. The van der Waals surface area contributed by atoms with Crippen LogP contribution in [0.25, 0.3) is 0 Å². The van der Waals surface area contributed by atoms with Gasteiger partial charge in [0.25, 0.3) is 0 Å². The van der Waals surface area contributed by atoms with Crippen molar-refractivity contribution in [1.29, 1.82) is 0 Å². The van der Waals surface area contributed by atoms with Gasteiger partial charge >= 0.3 is 5.97 Å². The summed E-state index contributed by atoms with van der Waals surface area (Å²) in [7, 11) is 0. The quantitative estimate of drug-likeness (QED) is 0.390. The highest BCUT2D eigenvalue weighted by Crippen LogP contribution is 2.32. The predicted octanol–water partition coefficient (Wildman–Crippen LogP) is 3.97. The van der Waals surface area contributed by atoms with Crippen molar-refractivity contribution in [2.75, 3.05) is 13.2 Å². The third-order valence-corrected chi connectivity index (χ3v) is 2.69. The van der Waals surface area contributed by atoms with Crippen LogP contribution in [0, 0.1) is 0 Å². The van der Waals surface area contributed by atoms with Crippen molar-refractivity contribution >= 4 is 5.97 Å². The molecule has 112 valence electrons. The molecule has 0 aliphatic carbocycles. The Hall–Kier alpha value is -1.71. The summed E-state index contributed by atoms with van der Waals surface area (Å²) < 4.78 is 16.4. The minimum atomic E-state index is -0.365. The fraction of sp³-hybridized carbons (Fsp3) is 0.562. The van der Waals surface area contributed by atoms with Crippen molar-refractivity contribution in [2.24, 2.45) is 0 Å². The number of hydrogen-bond acceptors (Lipinski definition) is 4. The lowest BCUT2D eigenvalue weighted by Gasteiger charge is -2.13. The Morgan fingerprint density at radius 2 is 1.65 bits per heavy atom. The molecule has 0 radical (unpaired) electrons. The van der Waals surface area contributed by atoms with Crippen molar-refractivity contribution in [2.45, 2.75) is 46.5 Å². The van der Waals surface area contributed by atoms with E-state index in [0.29, 0.717) is 30.5 Å². The maximum atomic E-state index is 11.1. The summed E-state index contributed by atoms with van der Waals surface area (Å²) in [6.07, 6.45) is 4.10. The van der Waals surface area contributed by atoms with E-state index >= 15 is 0 Å². The van der Waals surface area contributed by atoms with Gasteiger partial charge in [-0.3, -0.25) is 4.79 Å². The highest BCUT2D eigenvalue weighted by molar-refractivity contribution is 5.70. The van der Waals surface area contributed by atoms with Crippen molar-refractivity contribution in [3.8, 4) is 17.2 Å². The summed E-state index contributed by atoms with van der Waals surface area (Å²) in [6, 6.07) is 5.33. The van der Waals surface area contributed by atoms with E-state index in [1.165, 1.54) is 6.92 Å². The molecule has 20 heavy (non-hydrogen) atoms. The summed E-state index contributed by atoms with van der Waals surface area (Å²) in [4.78, 5) is 11.1. The molecule has 1 aromatic rings. The highest BCUT2D eigenvalue weighted by atomic mass is 16.6. The van der Waals surface area contributed by atoms with Gasteiger partial charge in [0.1, 0.15) is 5.75 Å². The molecule has 0 fully saturated rings. The Labute approximate surface area is 121 Å². The second-order valence-electron chi connectivity index (χ2n) is 4.61. The van der Waals surface area contributed by atoms with Gasteiger partial charge in [-0.1, -0.05) is 26.7 Å². The maximum absolute atomic E-state index is 11.1. The Kier molecular flexibility index (Phi) is 7.55. The van der Waals surface area contributed by atoms with Gasteiger partial charge in [-0.05, 0) is 25.0 Å². The molecule has 0 spiro atoms. The van der Waals surface area contributed by atoms with E-state index < -0.39 is 0 Å². The smallest absolute Gasteiger partial charge is 0.308 e. The molecule has 0 N–H and O–H groups in total. The number of unbranched alkanes of at least 4 members (excludes halogenated alkanes) is 2. The van der Waals surface area contributed by atoms with Crippen LogP contribution in [0.15, 0.2) is 18.2 Å². The first-order chi connectivity index (χ1) is 9.67. The number of carbonyl (C=O) groups is 1. The molecule has 0 bridgehead atoms. The molecule has 0 saturated heterocycles. The van der Waals surface area contributed by atoms with Crippen LogP contribution in [0.4, 0.5) is 0 Å². The fourth-order valence-electron chi connectivity index (χ4n) is 1.59. The van der Waals surface area contributed by atoms with E-state index in [0.717, 1.165) is 25.7 Å². The molecular weight excluding hydrogens is 256 g/mol. The maximum Gasteiger partial charge on any atom is 0.308 e. The van der Waals surface area contributed by atoms with Crippen LogP contribution < -0.4 is 14.2 Å². The van der Waals surface area contributed by atoms with Gasteiger partial charge < -0.3 is 14.2 Å². The van der Waals surface area contributed by atoms with Gasteiger partial charge in [-0.15, -0.1) is 0 Å². The van der Waals surface area contributed by atoms with Crippen molar-refractivity contribution < 1.29 is 19.0 Å². The average molecular weight is 280 g/mol. The zero-order valence-corrected chi connectivity index (χ0v) is 12.6. The number of esters is 1. The van der Waals surface area contributed by atoms with E-state index in [9.17, 15) is 4.79 Å². The van der Waals surface area contributed by atoms with E-state index in [1.807, 2.05) is 6.07 Å². The summed E-state index contributed by atoms with van der Waals surface area (Å²) in [5, 5.41) is 0. The Bertz CT molecular complexity index is 415. The van der Waals surface area contributed by atoms with Crippen LogP contribution in [-0.2, 0) is 4.79 Å². The Morgan fingerprint density at radius 1 is 1.00 bits per heavy atom. The van der Waals surface area contributed by atoms with Crippen molar-refractivity contribution in [3.05, 3.63) is 18.2 Å². The van der Waals surface area contributed by atoms with Crippen LogP contribution in [-0.4, -0.2) is 19.2 Å². The molecule has 4 heteroatoms. The topological polar surface area (TPSA) is 44.8 Å². The monoisotopic (exact) mass is 280 g/mol. The third-order valence-electron chi connectivity index (χ3n) is 2.69. The molecule has 0 heterocycles. The molecule has 0 atom stereocenters. The standard InChI is InChI=1S/C16H24O4/c1-4-6-10-18-14-8-9-15(19-11-7-5-2)16(12-14)20-13(3)17/h8-9,12H,4-7,10-11H2,1-3H3. The van der Waals surface area contributed by atoms with Gasteiger partial charge in [0.05, 0.1) is 13.2 Å². The summed E-state index contributed by atoms with van der Waals surface area (Å²) in [5.41, 5.74) is 0. The normalized spacial score (nSPS) is 10.2. The van der Waals surface area contributed by atoms with E-state index in [2.05, 4.69) is 13.8 Å².